The number of rotatable bonds is 1. The summed E-state index contributed by atoms with van der Waals surface area (Å²) < 4.78 is 6.39. The summed E-state index contributed by atoms with van der Waals surface area (Å²) in [6, 6.07) is 2.02. The fraction of sp³-hybridized carbons (Fsp3) is 0.333. The van der Waals surface area contributed by atoms with Gasteiger partial charge in [0.25, 0.3) is 0 Å². The first-order chi connectivity index (χ1) is 4.22. The van der Waals surface area contributed by atoms with Gasteiger partial charge in [0.2, 0.25) is 0 Å². The predicted octanol–water partition coefficient (Wildman–Crippen LogP) is -0.175. The molecular weight excluding hydrogens is 221 g/mol. The van der Waals surface area contributed by atoms with Crippen LogP contribution >= 0.6 is 0 Å². The van der Waals surface area contributed by atoms with Crippen LogP contribution in [0.5, 0.6) is 0 Å². The fourth-order valence-corrected chi connectivity index (χ4v) is 1.87. The van der Waals surface area contributed by atoms with Crippen molar-refractivity contribution in [2.75, 3.05) is 0 Å². The van der Waals surface area contributed by atoms with E-state index in [2.05, 4.69) is 0 Å². The van der Waals surface area contributed by atoms with Crippen molar-refractivity contribution in [1.82, 2.24) is 0 Å². The summed E-state index contributed by atoms with van der Waals surface area (Å²) >= 11 is 1.08. The Morgan fingerprint density at radius 1 is 1.78 bits per heavy atom. The molecule has 1 unspecified atom stereocenters. The number of hydrogen-bond donors (Lipinski definition) is 1. The molecule has 0 fully saturated rings. The Morgan fingerprint density at radius 2 is 2.44 bits per heavy atom. The molecule has 1 rings (SSSR count). The molecule has 2 radical (unpaired) electrons. The summed E-state index contributed by atoms with van der Waals surface area (Å²) in [7, 11) is 0. The zero-order valence-electron chi connectivity index (χ0n) is 5.29. The minimum atomic E-state index is 0.0464. The van der Waals surface area contributed by atoms with Gasteiger partial charge >= 0.3 is 67.3 Å². The van der Waals surface area contributed by atoms with Crippen LogP contribution in [0.25, 0.3) is 0 Å². The van der Waals surface area contributed by atoms with E-state index < -0.39 is 0 Å². The van der Waals surface area contributed by atoms with Gasteiger partial charge in [-0.25, -0.2) is 0 Å². The molecule has 0 aliphatic heterocycles. The first-order valence-electron chi connectivity index (χ1n) is 2.80. The van der Waals surface area contributed by atoms with Gasteiger partial charge in [-0.1, -0.05) is 0 Å². The molecular formula is C6H9NOSn. The Labute approximate surface area is 67.5 Å². The molecule has 0 aliphatic carbocycles. The Bertz CT molecular complexity index is 195. The van der Waals surface area contributed by atoms with Gasteiger partial charge in [0.15, 0.2) is 0 Å². The van der Waals surface area contributed by atoms with Crippen molar-refractivity contribution < 1.29 is 4.42 Å². The van der Waals surface area contributed by atoms with E-state index in [0.29, 0.717) is 0 Å². The van der Waals surface area contributed by atoms with Crippen LogP contribution < -0.4 is 9.31 Å². The summed E-state index contributed by atoms with van der Waals surface area (Å²) in [6.07, 6.45) is 1.69. The van der Waals surface area contributed by atoms with Gasteiger partial charge < -0.3 is 0 Å². The molecule has 1 aromatic rings. The molecule has 2 N–H and O–H groups in total. The number of furan rings is 1. The van der Waals surface area contributed by atoms with E-state index in [-0.39, 0.29) is 6.04 Å². The van der Waals surface area contributed by atoms with Crippen molar-refractivity contribution >= 4 is 26.1 Å². The van der Waals surface area contributed by atoms with Crippen LogP contribution in [0.4, 0.5) is 0 Å². The zero-order valence-corrected chi connectivity index (χ0v) is 8.59. The number of nitrogens with two attached hydrogens (primary N) is 1. The maximum atomic E-state index is 5.59. The van der Waals surface area contributed by atoms with Gasteiger partial charge in [0.1, 0.15) is 0 Å². The molecule has 1 aromatic heterocycles. The van der Waals surface area contributed by atoms with Crippen molar-refractivity contribution in [3.05, 3.63) is 18.1 Å². The molecule has 0 bridgehead atoms. The first-order valence-corrected chi connectivity index (χ1v) is 4.45. The van der Waals surface area contributed by atoms with Gasteiger partial charge in [0.05, 0.1) is 0 Å². The second kappa shape index (κ2) is 2.75. The van der Waals surface area contributed by atoms with Crippen LogP contribution in [0.1, 0.15) is 18.7 Å². The normalized spacial score (nSPS) is 13.7. The van der Waals surface area contributed by atoms with Crippen LogP contribution in [0.15, 0.2) is 16.7 Å². The van der Waals surface area contributed by atoms with E-state index in [1.54, 1.807) is 6.26 Å². The van der Waals surface area contributed by atoms with E-state index in [1.165, 1.54) is 3.58 Å². The standard InChI is InChI=1S/C6H8NO.Sn.H/c1-5(7)6-3-2-4-8-6;;/h2,4-5H,7H2,1H3;;. The molecule has 0 amide bonds. The van der Waals surface area contributed by atoms with Crippen molar-refractivity contribution in [2.45, 2.75) is 13.0 Å². The summed E-state index contributed by atoms with van der Waals surface area (Å²) in [5.41, 5.74) is 5.59. The second-order valence-electron chi connectivity index (χ2n) is 2.03. The number of hydrogen-bond acceptors (Lipinski definition) is 2. The summed E-state index contributed by atoms with van der Waals surface area (Å²) in [5, 5.41) is 0. The fourth-order valence-electron chi connectivity index (χ4n) is 0.701. The van der Waals surface area contributed by atoms with Crippen molar-refractivity contribution in [1.29, 1.82) is 0 Å². The van der Waals surface area contributed by atoms with Crippen LogP contribution in [0.3, 0.4) is 0 Å². The Morgan fingerprint density at radius 3 is 2.67 bits per heavy atom. The van der Waals surface area contributed by atoms with Gasteiger partial charge in [-0.3, -0.25) is 0 Å². The van der Waals surface area contributed by atoms with E-state index in [1.807, 2.05) is 13.0 Å². The Balaban J connectivity index is 2.94. The van der Waals surface area contributed by atoms with Crippen LogP contribution in [-0.2, 0) is 0 Å². The quantitative estimate of drug-likeness (QED) is 0.680. The van der Waals surface area contributed by atoms with E-state index in [0.717, 1.165) is 28.3 Å². The Kier molecular flexibility index (Phi) is 2.18. The molecule has 1 heterocycles. The average Bonchev–Trinajstić information content (AvgIpc) is 2.13. The monoisotopic (exact) mass is 231 g/mol. The van der Waals surface area contributed by atoms with Crippen LogP contribution in [0, 0.1) is 0 Å². The summed E-state index contributed by atoms with van der Waals surface area (Å²) in [5.74, 6) is 0.942. The molecule has 48 valence electrons. The molecule has 0 spiro atoms. The average molecular weight is 230 g/mol. The molecule has 0 saturated carbocycles. The molecule has 9 heavy (non-hydrogen) atoms. The van der Waals surface area contributed by atoms with E-state index in [9.17, 15) is 0 Å². The van der Waals surface area contributed by atoms with E-state index in [4.69, 9.17) is 10.2 Å². The zero-order chi connectivity index (χ0) is 6.85. The SMILES string of the molecule is CC(N)c1occ[c]1[SnH]. The van der Waals surface area contributed by atoms with Gasteiger partial charge in [0, 0.05) is 0 Å². The van der Waals surface area contributed by atoms with Crippen LogP contribution in [0.2, 0.25) is 0 Å². The first kappa shape index (κ1) is 7.15. The predicted molar refractivity (Wildman–Crippen MR) is 38.1 cm³/mol. The third-order valence-electron chi connectivity index (χ3n) is 1.14. The van der Waals surface area contributed by atoms with E-state index >= 15 is 0 Å². The molecule has 1 atom stereocenters. The van der Waals surface area contributed by atoms with Crippen molar-refractivity contribution in [3.63, 3.8) is 0 Å². The molecule has 0 saturated heterocycles. The van der Waals surface area contributed by atoms with Gasteiger partial charge in [-0.15, -0.1) is 0 Å². The third kappa shape index (κ3) is 1.49. The Hall–Kier alpha value is 0.0387. The van der Waals surface area contributed by atoms with Crippen molar-refractivity contribution in [2.24, 2.45) is 5.73 Å². The maximum absolute atomic E-state index is 5.59. The second-order valence-corrected chi connectivity index (χ2v) is 3.80. The third-order valence-corrected chi connectivity index (χ3v) is 2.50. The van der Waals surface area contributed by atoms with Gasteiger partial charge in [-0.2, -0.15) is 0 Å². The van der Waals surface area contributed by atoms with Gasteiger partial charge in [-0.05, 0) is 0 Å². The topological polar surface area (TPSA) is 39.2 Å². The molecule has 2 nitrogen and oxygen atoms in total. The minimum absolute atomic E-state index is 0.0464. The summed E-state index contributed by atoms with van der Waals surface area (Å²) in [4.78, 5) is 0. The molecule has 3 heteroatoms. The molecule has 0 aromatic carbocycles. The summed E-state index contributed by atoms with van der Waals surface area (Å²) in [6.45, 7) is 1.93. The van der Waals surface area contributed by atoms with Crippen molar-refractivity contribution in [3.8, 4) is 0 Å². The van der Waals surface area contributed by atoms with Crippen LogP contribution in [-0.4, -0.2) is 22.5 Å². The molecule has 0 aliphatic rings.